The molecule has 2 N–H and O–H groups in total. The third-order valence-electron chi connectivity index (χ3n) is 3.13. The van der Waals surface area contributed by atoms with Gasteiger partial charge in [-0.15, -0.1) is 0 Å². The van der Waals surface area contributed by atoms with E-state index in [1.54, 1.807) is 11.8 Å². The van der Waals surface area contributed by atoms with Crippen LogP contribution in [-0.4, -0.2) is 47.7 Å². The molecule has 4 nitrogen and oxygen atoms in total. The summed E-state index contributed by atoms with van der Waals surface area (Å²) in [4.78, 5) is 13.5. The molecule has 14 heavy (non-hydrogen) atoms. The van der Waals surface area contributed by atoms with Crippen molar-refractivity contribution in [1.82, 2.24) is 10.2 Å². The van der Waals surface area contributed by atoms with Crippen LogP contribution in [0.5, 0.6) is 0 Å². The smallest absolute Gasteiger partial charge is 0.223 e. The van der Waals surface area contributed by atoms with Gasteiger partial charge in [0.2, 0.25) is 5.91 Å². The van der Waals surface area contributed by atoms with Crippen LogP contribution >= 0.6 is 0 Å². The van der Waals surface area contributed by atoms with Crippen LogP contribution in [0, 0.1) is 5.92 Å². The molecule has 80 valence electrons. The molecule has 0 aromatic rings. The minimum absolute atomic E-state index is 0.203. The van der Waals surface area contributed by atoms with E-state index < -0.39 is 5.60 Å². The number of rotatable bonds is 2. The summed E-state index contributed by atoms with van der Waals surface area (Å²) >= 11 is 0. The lowest BCUT2D eigenvalue weighted by molar-refractivity contribution is -0.132. The lowest BCUT2D eigenvalue weighted by Crippen LogP contribution is -2.45. The predicted molar refractivity (Wildman–Crippen MR) is 52.8 cm³/mol. The van der Waals surface area contributed by atoms with E-state index in [2.05, 4.69) is 5.32 Å². The van der Waals surface area contributed by atoms with Crippen molar-refractivity contribution in [2.45, 2.75) is 25.4 Å². The van der Waals surface area contributed by atoms with E-state index in [1.807, 2.05) is 0 Å². The molecule has 0 saturated carbocycles. The zero-order valence-corrected chi connectivity index (χ0v) is 8.62. The number of likely N-dealkylation sites (tertiary alicyclic amines) is 1. The van der Waals surface area contributed by atoms with Gasteiger partial charge in [-0.3, -0.25) is 4.79 Å². The Morgan fingerprint density at radius 2 is 2.36 bits per heavy atom. The monoisotopic (exact) mass is 198 g/mol. The molecule has 0 aliphatic carbocycles. The first-order chi connectivity index (χ1) is 6.57. The molecule has 2 saturated heterocycles. The lowest BCUT2D eigenvalue weighted by atomic mass is 9.99. The standard InChI is InChI=1S/C10H18N2O2/c1-10(14)2-3-12(7-10)9(13)4-8-5-11-6-8/h8,11,14H,2-7H2,1H3. The SMILES string of the molecule is CC1(O)CCN(C(=O)CC2CNC2)C1. The van der Waals surface area contributed by atoms with Gasteiger partial charge in [-0.2, -0.15) is 0 Å². The highest BCUT2D eigenvalue weighted by molar-refractivity contribution is 5.77. The number of hydrogen-bond acceptors (Lipinski definition) is 3. The van der Waals surface area contributed by atoms with Gasteiger partial charge in [-0.1, -0.05) is 0 Å². The highest BCUT2D eigenvalue weighted by atomic mass is 16.3. The molecule has 0 bridgehead atoms. The number of nitrogens with zero attached hydrogens (tertiary/aromatic N) is 1. The van der Waals surface area contributed by atoms with E-state index in [1.165, 1.54) is 0 Å². The van der Waals surface area contributed by atoms with E-state index in [4.69, 9.17) is 0 Å². The molecule has 2 heterocycles. The minimum Gasteiger partial charge on any atom is -0.388 e. The Morgan fingerprint density at radius 1 is 1.64 bits per heavy atom. The first kappa shape index (κ1) is 9.93. The molecule has 1 unspecified atom stereocenters. The van der Waals surface area contributed by atoms with Gasteiger partial charge >= 0.3 is 0 Å². The minimum atomic E-state index is -0.659. The molecule has 2 aliphatic rings. The Labute approximate surface area is 84.3 Å². The quantitative estimate of drug-likeness (QED) is 0.633. The maximum absolute atomic E-state index is 11.7. The van der Waals surface area contributed by atoms with E-state index >= 15 is 0 Å². The maximum Gasteiger partial charge on any atom is 0.223 e. The fourth-order valence-corrected chi connectivity index (χ4v) is 2.03. The Kier molecular flexibility index (Phi) is 2.49. The summed E-state index contributed by atoms with van der Waals surface area (Å²) in [5.41, 5.74) is -0.659. The summed E-state index contributed by atoms with van der Waals surface area (Å²) in [6, 6.07) is 0. The number of amides is 1. The highest BCUT2D eigenvalue weighted by Crippen LogP contribution is 2.22. The topological polar surface area (TPSA) is 52.6 Å². The van der Waals surface area contributed by atoms with E-state index in [-0.39, 0.29) is 5.91 Å². The molecule has 0 aromatic heterocycles. The molecular weight excluding hydrogens is 180 g/mol. The van der Waals surface area contributed by atoms with Crippen LogP contribution in [0.15, 0.2) is 0 Å². The van der Waals surface area contributed by atoms with Crippen LogP contribution in [0.3, 0.4) is 0 Å². The van der Waals surface area contributed by atoms with Crippen molar-refractivity contribution in [2.24, 2.45) is 5.92 Å². The second kappa shape index (κ2) is 3.51. The van der Waals surface area contributed by atoms with Crippen LogP contribution < -0.4 is 5.32 Å². The largest absolute Gasteiger partial charge is 0.388 e. The van der Waals surface area contributed by atoms with Crippen LogP contribution in [0.4, 0.5) is 0 Å². The molecule has 0 radical (unpaired) electrons. The molecule has 2 aliphatic heterocycles. The van der Waals surface area contributed by atoms with Gasteiger partial charge in [0, 0.05) is 19.5 Å². The zero-order valence-electron chi connectivity index (χ0n) is 8.62. The fourth-order valence-electron chi connectivity index (χ4n) is 2.03. The van der Waals surface area contributed by atoms with Gasteiger partial charge in [-0.05, 0) is 32.4 Å². The van der Waals surface area contributed by atoms with Crippen molar-refractivity contribution < 1.29 is 9.90 Å². The van der Waals surface area contributed by atoms with Gasteiger partial charge in [0.25, 0.3) is 0 Å². The van der Waals surface area contributed by atoms with E-state index in [0.717, 1.165) is 13.1 Å². The summed E-state index contributed by atoms with van der Waals surface area (Å²) in [6.07, 6.45) is 1.35. The molecule has 1 amide bonds. The zero-order chi connectivity index (χ0) is 10.2. The Morgan fingerprint density at radius 3 is 2.79 bits per heavy atom. The van der Waals surface area contributed by atoms with Crippen molar-refractivity contribution in [3.63, 3.8) is 0 Å². The number of carbonyl (C=O) groups is 1. The van der Waals surface area contributed by atoms with Crippen LogP contribution in [0.1, 0.15) is 19.8 Å². The number of hydrogen-bond donors (Lipinski definition) is 2. The summed E-state index contributed by atoms with van der Waals surface area (Å²) in [7, 11) is 0. The molecule has 1 atom stereocenters. The normalized spacial score (nSPS) is 33.1. The number of β-amino-alcohol motifs (C(OH)–C–C–N with tert-alkyl or cyclic N) is 1. The molecule has 2 rings (SSSR count). The molecule has 0 spiro atoms. The predicted octanol–water partition coefficient (Wildman–Crippen LogP) is -0.421. The number of carbonyl (C=O) groups excluding carboxylic acids is 1. The van der Waals surface area contributed by atoms with Gasteiger partial charge < -0.3 is 15.3 Å². The summed E-state index contributed by atoms with van der Waals surface area (Å²) in [6.45, 7) is 4.95. The molecule has 2 fully saturated rings. The van der Waals surface area contributed by atoms with Gasteiger partial charge in [0.15, 0.2) is 0 Å². The van der Waals surface area contributed by atoms with Crippen molar-refractivity contribution in [2.75, 3.05) is 26.2 Å². The fraction of sp³-hybridized carbons (Fsp3) is 0.900. The van der Waals surface area contributed by atoms with Gasteiger partial charge in [0.1, 0.15) is 0 Å². The van der Waals surface area contributed by atoms with E-state index in [9.17, 15) is 9.90 Å². The van der Waals surface area contributed by atoms with Crippen molar-refractivity contribution in [3.8, 4) is 0 Å². The molecule has 4 heteroatoms. The van der Waals surface area contributed by atoms with Crippen LogP contribution in [0.2, 0.25) is 0 Å². The number of nitrogens with one attached hydrogen (secondary N) is 1. The van der Waals surface area contributed by atoms with Crippen molar-refractivity contribution >= 4 is 5.91 Å². The van der Waals surface area contributed by atoms with Crippen molar-refractivity contribution in [3.05, 3.63) is 0 Å². The third kappa shape index (κ3) is 2.07. The first-order valence-corrected chi connectivity index (χ1v) is 5.28. The summed E-state index contributed by atoms with van der Waals surface area (Å²) in [5.74, 6) is 0.724. The maximum atomic E-state index is 11.7. The summed E-state index contributed by atoms with van der Waals surface area (Å²) in [5, 5.41) is 12.9. The Hall–Kier alpha value is -0.610. The average Bonchev–Trinajstić information content (AvgIpc) is 2.38. The molecule has 0 aromatic carbocycles. The first-order valence-electron chi connectivity index (χ1n) is 5.28. The van der Waals surface area contributed by atoms with Gasteiger partial charge in [-0.25, -0.2) is 0 Å². The second-order valence-corrected chi connectivity index (χ2v) is 4.79. The Balaban J connectivity index is 1.80. The highest BCUT2D eigenvalue weighted by Gasteiger charge is 2.34. The van der Waals surface area contributed by atoms with Crippen molar-refractivity contribution in [1.29, 1.82) is 0 Å². The second-order valence-electron chi connectivity index (χ2n) is 4.79. The molecular formula is C10H18N2O2. The Bertz CT molecular complexity index is 236. The van der Waals surface area contributed by atoms with Crippen LogP contribution in [0.25, 0.3) is 0 Å². The van der Waals surface area contributed by atoms with Crippen LogP contribution in [-0.2, 0) is 4.79 Å². The summed E-state index contributed by atoms with van der Waals surface area (Å²) < 4.78 is 0. The third-order valence-corrected chi connectivity index (χ3v) is 3.13. The number of aliphatic hydroxyl groups is 1. The van der Waals surface area contributed by atoms with E-state index in [0.29, 0.717) is 31.8 Å². The lowest BCUT2D eigenvalue weighted by Gasteiger charge is -2.28. The average molecular weight is 198 g/mol. The van der Waals surface area contributed by atoms with Gasteiger partial charge in [0.05, 0.1) is 5.60 Å².